The Morgan fingerprint density at radius 1 is 1.50 bits per heavy atom. The Bertz CT molecular complexity index is 573. The maximum Gasteiger partial charge on any atom is 0.354 e. The van der Waals surface area contributed by atoms with Crippen LogP contribution in [0.15, 0.2) is 28.2 Å². The first-order chi connectivity index (χ1) is 8.56. The highest BCUT2D eigenvalue weighted by Crippen LogP contribution is 2.23. The van der Waals surface area contributed by atoms with Crippen LogP contribution in [-0.2, 0) is 6.54 Å². The van der Waals surface area contributed by atoms with E-state index in [4.69, 9.17) is 5.11 Å². The van der Waals surface area contributed by atoms with Crippen LogP contribution in [0.5, 0.6) is 0 Å². The highest BCUT2D eigenvalue weighted by Gasteiger charge is 2.10. The van der Waals surface area contributed by atoms with Crippen LogP contribution >= 0.6 is 27.3 Å². The lowest BCUT2D eigenvalue weighted by Gasteiger charge is -2.15. The molecule has 2 rings (SSSR count). The van der Waals surface area contributed by atoms with E-state index in [1.54, 1.807) is 11.3 Å². The van der Waals surface area contributed by atoms with Gasteiger partial charge in [0.1, 0.15) is 0 Å². The maximum atomic E-state index is 10.8. The number of halogens is 1. The van der Waals surface area contributed by atoms with Gasteiger partial charge in [0.05, 0.1) is 10.3 Å². The van der Waals surface area contributed by atoms with Gasteiger partial charge in [-0.1, -0.05) is 0 Å². The summed E-state index contributed by atoms with van der Waals surface area (Å²) in [6, 6.07) is 5.36. The number of thiophene rings is 1. The van der Waals surface area contributed by atoms with Crippen molar-refractivity contribution in [2.45, 2.75) is 6.54 Å². The second kappa shape index (κ2) is 5.45. The summed E-state index contributed by atoms with van der Waals surface area (Å²) in [5, 5.41) is 8.87. The molecule has 0 atom stereocenters. The van der Waals surface area contributed by atoms with E-state index in [1.165, 1.54) is 12.3 Å². The number of aromatic nitrogens is 2. The summed E-state index contributed by atoms with van der Waals surface area (Å²) in [5.41, 5.74) is -0.000731. The monoisotopic (exact) mass is 327 g/mol. The first-order valence-electron chi connectivity index (χ1n) is 5.08. The fraction of sp³-hybridized carbons (Fsp3) is 0.182. The zero-order valence-corrected chi connectivity index (χ0v) is 11.9. The predicted octanol–water partition coefficient (Wildman–Crippen LogP) is 2.64. The maximum absolute atomic E-state index is 10.8. The van der Waals surface area contributed by atoms with Crippen molar-refractivity contribution in [3.8, 4) is 0 Å². The van der Waals surface area contributed by atoms with E-state index in [9.17, 15) is 4.79 Å². The largest absolute Gasteiger partial charge is 0.477 e. The predicted molar refractivity (Wildman–Crippen MR) is 73.1 cm³/mol. The van der Waals surface area contributed by atoms with Crippen molar-refractivity contribution < 1.29 is 9.90 Å². The zero-order valence-electron chi connectivity index (χ0n) is 9.50. The Morgan fingerprint density at radius 2 is 2.28 bits per heavy atom. The van der Waals surface area contributed by atoms with Gasteiger partial charge in [0, 0.05) is 18.1 Å². The molecule has 5 nitrogen and oxygen atoms in total. The molecular formula is C11H10BrN3O2S. The molecule has 2 aromatic heterocycles. The molecule has 0 unspecified atom stereocenters. The smallest absolute Gasteiger partial charge is 0.354 e. The summed E-state index contributed by atoms with van der Waals surface area (Å²) in [7, 11) is 1.83. The number of anilines is 1. The molecule has 0 saturated heterocycles. The molecule has 0 aromatic carbocycles. The third kappa shape index (κ3) is 3.05. The summed E-state index contributed by atoms with van der Waals surface area (Å²) in [6.07, 6.45) is 1.45. The van der Waals surface area contributed by atoms with E-state index in [1.807, 2.05) is 24.1 Å². The van der Waals surface area contributed by atoms with Crippen molar-refractivity contribution in [1.82, 2.24) is 9.97 Å². The topological polar surface area (TPSA) is 66.3 Å². The molecule has 0 aliphatic carbocycles. The Labute approximate surface area is 116 Å². The van der Waals surface area contributed by atoms with Gasteiger partial charge in [-0.25, -0.2) is 14.8 Å². The molecule has 0 aliphatic heterocycles. The van der Waals surface area contributed by atoms with Crippen molar-refractivity contribution >= 4 is 39.2 Å². The first-order valence-corrected chi connectivity index (χ1v) is 6.69. The zero-order chi connectivity index (χ0) is 13.1. The lowest BCUT2D eigenvalue weighted by atomic mass is 10.4. The van der Waals surface area contributed by atoms with E-state index >= 15 is 0 Å². The fourth-order valence-electron chi connectivity index (χ4n) is 1.39. The Hall–Kier alpha value is -1.47. The fourth-order valence-corrected chi connectivity index (χ4v) is 2.93. The van der Waals surface area contributed by atoms with Gasteiger partial charge in [0.2, 0.25) is 5.95 Å². The first kappa shape index (κ1) is 13.0. The third-order valence-electron chi connectivity index (χ3n) is 2.23. The van der Waals surface area contributed by atoms with Crippen molar-refractivity contribution in [2.24, 2.45) is 0 Å². The van der Waals surface area contributed by atoms with Crippen LogP contribution in [0.25, 0.3) is 0 Å². The highest BCUT2D eigenvalue weighted by molar-refractivity contribution is 9.11. The molecule has 94 valence electrons. The third-order valence-corrected chi connectivity index (χ3v) is 3.83. The van der Waals surface area contributed by atoms with Crippen LogP contribution < -0.4 is 4.90 Å². The summed E-state index contributed by atoms with van der Waals surface area (Å²) in [6.45, 7) is 0.638. The van der Waals surface area contributed by atoms with Crippen LogP contribution in [0.1, 0.15) is 15.4 Å². The lowest BCUT2D eigenvalue weighted by Crippen LogP contribution is -2.19. The molecule has 0 saturated carbocycles. The van der Waals surface area contributed by atoms with E-state index < -0.39 is 5.97 Å². The van der Waals surface area contributed by atoms with E-state index in [-0.39, 0.29) is 5.69 Å². The van der Waals surface area contributed by atoms with Crippen molar-refractivity contribution in [3.63, 3.8) is 0 Å². The molecule has 2 aromatic rings. The van der Waals surface area contributed by atoms with Crippen molar-refractivity contribution in [1.29, 1.82) is 0 Å². The molecule has 0 fully saturated rings. The lowest BCUT2D eigenvalue weighted by molar-refractivity contribution is 0.0690. The second-order valence-corrected chi connectivity index (χ2v) is 6.16. The molecule has 0 radical (unpaired) electrons. The van der Waals surface area contributed by atoms with Crippen LogP contribution in [0.4, 0.5) is 5.95 Å². The molecule has 18 heavy (non-hydrogen) atoms. The minimum atomic E-state index is -1.05. The number of carboxylic acid groups (broad SMARTS) is 1. The second-order valence-electron chi connectivity index (χ2n) is 3.61. The van der Waals surface area contributed by atoms with Gasteiger partial charge in [-0.2, -0.15) is 0 Å². The van der Waals surface area contributed by atoms with Crippen molar-refractivity contribution in [2.75, 3.05) is 11.9 Å². The van der Waals surface area contributed by atoms with Crippen LogP contribution in [-0.4, -0.2) is 28.1 Å². The molecule has 0 aliphatic rings. The molecule has 0 bridgehead atoms. The summed E-state index contributed by atoms with van der Waals surface area (Å²) in [5.74, 6) is -0.648. The van der Waals surface area contributed by atoms with Gasteiger partial charge in [0.15, 0.2) is 5.69 Å². The number of aromatic carboxylic acids is 1. The molecular weight excluding hydrogens is 318 g/mol. The number of carboxylic acids is 1. The van der Waals surface area contributed by atoms with E-state index in [2.05, 4.69) is 25.9 Å². The van der Waals surface area contributed by atoms with E-state index in [0.717, 1.165) is 8.66 Å². The summed E-state index contributed by atoms with van der Waals surface area (Å²) >= 11 is 5.02. The highest BCUT2D eigenvalue weighted by atomic mass is 79.9. The minimum Gasteiger partial charge on any atom is -0.477 e. The number of carbonyl (C=O) groups is 1. The molecule has 2 heterocycles. The van der Waals surface area contributed by atoms with Gasteiger partial charge in [0.25, 0.3) is 0 Å². The normalized spacial score (nSPS) is 10.3. The van der Waals surface area contributed by atoms with Crippen molar-refractivity contribution in [3.05, 3.63) is 38.8 Å². The standard InChI is InChI=1S/C11H10BrN3O2S/c1-15(6-7-2-3-9(12)18-7)11-13-5-4-8(14-11)10(16)17/h2-5H,6H2,1H3,(H,16,17). The van der Waals surface area contributed by atoms with Gasteiger partial charge in [-0.15, -0.1) is 11.3 Å². The minimum absolute atomic E-state index is 0.000731. The van der Waals surface area contributed by atoms with Gasteiger partial charge in [-0.3, -0.25) is 0 Å². The number of hydrogen-bond donors (Lipinski definition) is 1. The average molecular weight is 328 g/mol. The van der Waals surface area contributed by atoms with Crippen LogP contribution in [0.3, 0.4) is 0 Å². The molecule has 1 N–H and O–H groups in total. The van der Waals surface area contributed by atoms with Crippen LogP contribution in [0, 0.1) is 0 Å². The summed E-state index contributed by atoms with van der Waals surface area (Å²) in [4.78, 5) is 21.8. The van der Waals surface area contributed by atoms with Gasteiger partial charge >= 0.3 is 5.97 Å². The SMILES string of the molecule is CN(Cc1ccc(Br)s1)c1nccc(C(=O)O)n1. The van der Waals surface area contributed by atoms with E-state index in [0.29, 0.717) is 12.5 Å². The summed E-state index contributed by atoms with van der Waals surface area (Å²) < 4.78 is 1.06. The molecule has 0 spiro atoms. The number of hydrogen-bond acceptors (Lipinski definition) is 5. The van der Waals surface area contributed by atoms with Crippen LogP contribution in [0.2, 0.25) is 0 Å². The quantitative estimate of drug-likeness (QED) is 0.935. The number of rotatable bonds is 4. The Morgan fingerprint density at radius 3 is 2.89 bits per heavy atom. The van der Waals surface area contributed by atoms with Gasteiger partial charge < -0.3 is 10.0 Å². The average Bonchev–Trinajstić information content (AvgIpc) is 2.75. The molecule has 7 heteroatoms. The van der Waals surface area contributed by atoms with Gasteiger partial charge in [-0.05, 0) is 34.1 Å². The number of nitrogens with zero attached hydrogens (tertiary/aromatic N) is 3. The molecule has 0 amide bonds. The Balaban J connectivity index is 2.15. The Kier molecular flexibility index (Phi) is 3.93.